The Labute approximate surface area is 115 Å². The smallest absolute Gasteiger partial charge is 0.309 e. The predicted molar refractivity (Wildman–Crippen MR) is 72.9 cm³/mol. The van der Waals surface area contributed by atoms with Crippen LogP contribution in [0.1, 0.15) is 20.8 Å². The fraction of sp³-hybridized carbons (Fsp3) is 1.00. The zero-order valence-corrected chi connectivity index (χ0v) is 14.2. The van der Waals surface area contributed by atoms with Gasteiger partial charge in [-0.15, -0.1) is 0 Å². The summed E-state index contributed by atoms with van der Waals surface area (Å²) in [6.45, 7) is 14.2. The number of halogens is 3. The molecule has 0 saturated heterocycles. The highest BCUT2D eigenvalue weighted by atomic mass is 32.2. The van der Waals surface area contributed by atoms with Crippen LogP contribution in [-0.2, 0) is 14.0 Å². The zero-order chi connectivity index (χ0) is 15.9. The first-order chi connectivity index (χ1) is 8.30. The Morgan fingerprint density at radius 2 is 1.32 bits per heavy atom. The van der Waals surface area contributed by atoms with E-state index in [0.29, 0.717) is 0 Å². The van der Waals surface area contributed by atoms with Crippen LogP contribution in [0.5, 0.6) is 0 Å². The average Bonchev–Trinajstić information content (AvgIpc) is 2.15. The van der Waals surface area contributed by atoms with Gasteiger partial charge in [0.1, 0.15) is 0 Å². The Kier molecular flexibility index (Phi) is 9.17. The number of hydrogen-bond acceptors (Lipinski definition) is 4. The number of rotatable bonds is 5. The molecule has 0 rings (SSSR count). The van der Waals surface area contributed by atoms with Crippen molar-refractivity contribution >= 4 is 18.4 Å². The van der Waals surface area contributed by atoms with Crippen molar-refractivity contribution in [2.45, 2.75) is 45.9 Å². The van der Waals surface area contributed by atoms with Crippen molar-refractivity contribution in [1.29, 1.82) is 0 Å². The van der Waals surface area contributed by atoms with Gasteiger partial charge in [-0.25, -0.2) is 0 Å². The quantitative estimate of drug-likeness (QED) is 0.576. The van der Waals surface area contributed by atoms with Crippen molar-refractivity contribution in [1.82, 2.24) is 4.90 Å². The SMILES string of the molecule is CCN(CC)CC.C[Si](C)(C)OS(=O)(=O)C(F)(F)F. The fourth-order valence-corrected chi connectivity index (χ4v) is 4.06. The molecule has 0 aliphatic carbocycles. The molecule has 0 bridgehead atoms. The maximum atomic E-state index is 11.7. The summed E-state index contributed by atoms with van der Waals surface area (Å²) in [5.41, 5.74) is -5.31. The molecule has 0 N–H and O–H groups in total. The summed E-state index contributed by atoms with van der Waals surface area (Å²) in [4.78, 5) is 2.38. The van der Waals surface area contributed by atoms with Crippen molar-refractivity contribution in [3.8, 4) is 0 Å². The molecule has 0 heterocycles. The Balaban J connectivity index is 0. The molecule has 0 spiro atoms. The third-order valence-corrected chi connectivity index (χ3v) is 5.43. The molecule has 0 amide bonds. The van der Waals surface area contributed by atoms with Crippen LogP contribution in [0.15, 0.2) is 0 Å². The van der Waals surface area contributed by atoms with Crippen LogP contribution >= 0.6 is 0 Å². The molecule has 0 fully saturated rings. The molecule has 9 heteroatoms. The minimum Gasteiger partial charge on any atom is -0.309 e. The lowest BCUT2D eigenvalue weighted by molar-refractivity contribution is -0.0503. The number of hydrogen-bond donors (Lipinski definition) is 0. The Morgan fingerprint density at radius 1 is 1.00 bits per heavy atom. The topological polar surface area (TPSA) is 46.6 Å². The second-order valence-electron chi connectivity index (χ2n) is 4.72. The highest BCUT2D eigenvalue weighted by Gasteiger charge is 2.49. The van der Waals surface area contributed by atoms with Gasteiger partial charge in [-0.1, -0.05) is 20.8 Å². The molecule has 0 aromatic rings. The third kappa shape index (κ3) is 10.3. The third-order valence-electron chi connectivity index (χ3n) is 1.98. The molecule has 0 atom stereocenters. The summed E-state index contributed by atoms with van der Waals surface area (Å²) in [7, 11) is -8.10. The lowest BCUT2D eigenvalue weighted by atomic mass is 10.5. The lowest BCUT2D eigenvalue weighted by Crippen LogP contribution is -2.36. The summed E-state index contributed by atoms with van der Waals surface area (Å²) in [5, 5.41) is 0. The van der Waals surface area contributed by atoms with Crippen LogP contribution < -0.4 is 0 Å². The number of nitrogens with zero attached hydrogens (tertiary/aromatic N) is 1. The Morgan fingerprint density at radius 3 is 1.37 bits per heavy atom. The minimum atomic E-state index is -5.39. The molecule has 0 aromatic heterocycles. The molecule has 0 unspecified atom stereocenters. The summed E-state index contributed by atoms with van der Waals surface area (Å²) in [6.07, 6.45) is 0. The monoisotopic (exact) mass is 323 g/mol. The number of alkyl halides is 3. The van der Waals surface area contributed by atoms with Gasteiger partial charge in [0.2, 0.25) is 8.32 Å². The van der Waals surface area contributed by atoms with Gasteiger partial charge in [-0.05, 0) is 39.3 Å². The van der Waals surface area contributed by atoms with E-state index in [1.54, 1.807) is 0 Å². The molecule has 0 aliphatic rings. The molecule has 19 heavy (non-hydrogen) atoms. The van der Waals surface area contributed by atoms with Gasteiger partial charge in [0.15, 0.2) is 0 Å². The zero-order valence-electron chi connectivity index (χ0n) is 12.3. The highest BCUT2D eigenvalue weighted by Crippen LogP contribution is 2.27. The summed E-state index contributed by atoms with van der Waals surface area (Å²) >= 11 is 0. The van der Waals surface area contributed by atoms with Crippen molar-refractivity contribution in [3.05, 3.63) is 0 Å². The Hall–Kier alpha value is -0.123. The standard InChI is InChI=1S/C6H15N.C4H9F3O3SSi/c1-4-7(5-2)6-3;1-12(2,3)10-11(8,9)4(5,6)7/h4-6H2,1-3H3;1-3H3. The normalized spacial score (nSPS) is 13.2. The van der Waals surface area contributed by atoms with Crippen LogP contribution in [0.4, 0.5) is 13.2 Å². The van der Waals surface area contributed by atoms with E-state index >= 15 is 0 Å². The average molecular weight is 323 g/mol. The van der Waals surface area contributed by atoms with E-state index in [0.717, 1.165) is 0 Å². The molecule has 0 saturated carbocycles. The van der Waals surface area contributed by atoms with Gasteiger partial charge in [0, 0.05) is 0 Å². The van der Waals surface area contributed by atoms with E-state index in [4.69, 9.17) is 0 Å². The second kappa shape index (κ2) is 8.23. The lowest BCUT2D eigenvalue weighted by Gasteiger charge is -2.17. The first-order valence-corrected chi connectivity index (χ1v) is 10.9. The maximum absolute atomic E-state index is 11.7. The Bertz CT molecular complexity index is 329. The van der Waals surface area contributed by atoms with E-state index in [9.17, 15) is 21.6 Å². The van der Waals surface area contributed by atoms with Crippen molar-refractivity contribution in [2.24, 2.45) is 0 Å². The van der Waals surface area contributed by atoms with Crippen LogP contribution in [0, 0.1) is 0 Å². The first-order valence-electron chi connectivity index (χ1n) is 6.05. The van der Waals surface area contributed by atoms with Crippen LogP contribution in [-0.4, -0.2) is 46.8 Å². The molecule has 118 valence electrons. The predicted octanol–water partition coefficient (Wildman–Crippen LogP) is 3.04. The molecule has 4 nitrogen and oxygen atoms in total. The maximum Gasteiger partial charge on any atom is 0.522 e. The summed E-state index contributed by atoms with van der Waals surface area (Å²) < 4.78 is 59.7. The first kappa shape index (κ1) is 21.2. The van der Waals surface area contributed by atoms with Crippen LogP contribution in [0.25, 0.3) is 0 Å². The van der Waals surface area contributed by atoms with Crippen molar-refractivity contribution < 1.29 is 25.5 Å². The van der Waals surface area contributed by atoms with E-state index in [1.807, 2.05) is 0 Å². The van der Waals surface area contributed by atoms with E-state index in [1.165, 1.54) is 39.3 Å². The van der Waals surface area contributed by atoms with Crippen LogP contribution in [0.3, 0.4) is 0 Å². The van der Waals surface area contributed by atoms with E-state index in [-0.39, 0.29) is 0 Å². The van der Waals surface area contributed by atoms with Gasteiger partial charge in [0.25, 0.3) is 0 Å². The van der Waals surface area contributed by atoms with Gasteiger partial charge >= 0.3 is 15.6 Å². The van der Waals surface area contributed by atoms with Gasteiger partial charge in [-0.2, -0.15) is 21.6 Å². The van der Waals surface area contributed by atoms with Crippen molar-refractivity contribution in [3.63, 3.8) is 0 Å². The second-order valence-corrected chi connectivity index (χ2v) is 11.0. The largest absolute Gasteiger partial charge is 0.522 e. The molecular weight excluding hydrogens is 299 g/mol. The van der Waals surface area contributed by atoms with Crippen LogP contribution in [0.2, 0.25) is 19.6 Å². The molecular formula is C10H24F3NO3SSi. The van der Waals surface area contributed by atoms with Gasteiger partial charge in [0.05, 0.1) is 0 Å². The van der Waals surface area contributed by atoms with E-state index < -0.39 is 23.9 Å². The van der Waals surface area contributed by atoms with Gasteiger partial charge in [-0.3, -0.25) is 0 Å². The summed E-state index contributed by atoms with van der Waals surface area (Å²) in [6, 6.07) is 0. The summed E-state index contributed by atoms with van der Waals surface area (Å²) in [5.74, 6) is 0. The molecule has 0 aromatic carbocycles. The molecule has 0 radical (unpaired) electrons. The minimum absolute atomic E-state index is 1.19. The van der Waals surface area contributed by atoms with Crippen molar-refractivity contribution in [2.75, 3.05) is 19.6 Å². The van der Waals surface area contributed by atoms with E-state index in [2.05, 4.69) is 29.5 Å². The molecule has 0 aliphatic heterocycles. The fourth-order valence-electron chi connectivity index (χ4n) is 1.05. The van der Waals surface area contributed by atoms with Gasteiger partial charge < -0.3 is 8.77 Å². The highest BCUT2D eigenvalue weighted by molar-refractivity contribution is 7.88.